The molecule has 0 saturated heterocycles. The zero-order valence-corrected chi connectivity index (χ0v) is 15.3. The number of benzene rings is 2. The van der Waals surface area contributed by atoms with Crippen molar-refractivity contribution in [3.63, 3.8) is 0 Å². The molecule has 0 bridgehead atoms. The predicted octanol–water partition coefficient (Wildman–Crippen LogP) is 4.15. The van der Waals surface area contributed by atoms with Crippen LogP contribution >= 0.6 is 11.6 Å². The number of nitrogens with zero attached hydrogens (tertiary/aromatic N) is 2. The number of nitrogen functional groups attached to an aromatic ring is 1. The molecule has 3 N–H and O–H groups in total. The van der Waals surface area contributed by atoms with E-state index in [1.807, 2.05) is 31.2 Å². The molecule has 0 radical (unpaired) electrons. The fourth-order valence-corrected chi connectivity index (χ4v) is 2.75. The third-order valence-electron chi connectivity index (χ3n) is 4.09. The van der Waals surface area contributed by atoms with Crippen LogP contribution in [0.15, 0.2) is 42.7 Å². The topological polar surface area (TPSA) is 91.5 Å². The van der Waals surface area contributed by atoms with Crippen LogP contribution in [-0.4, -0.2) is 16.8 Å². The second kappa shape index (κ2) is 7.20. The number of halogens is 1. The Hall–Kier alpha value is -3.19. The van der Waals surface area contributed by atoms with E-state index in [9.17, 15) is 0 Å². The quantitative estimate of drug-likeness (QED) is 0.682. The SMILES string of the molecule is Cc1cc(Oc2ncnc(NCc3ccc4c(c3)OCO4)c2N)ccc1Cl. The summed E-state index contributed by atoms with van der Waals surface area (Å²) < 4.78 is 16.5. The normalized spacial score (nSPS) is 12.1. The highest BCUT2D eigenvalue weighted by Crippen LogP contribution is 2.34. The van der Waals surface area contributed by atoms with Crippen LogP contribution in [0.5, 0.6) is 23.1 Å². The smallest absolute Gasteiger partial charge is 0.248 e. The Balaban J connectivity index is 1.49. The maximum absolute atomic E-state index is 6.17. The Morgan fingerprint density at radius 1 is 1.15 bits per heavy atom. The number of anilines is 2. The Kier molecular flexibility index (Phi) is 4.60. The second-order valence-corrected chi connectivity index (χ2v) is 6.40. The summed E-state index contributed by atoms with van der Waals surface area (Å²) in [5, 5.41) is 3.86. The van der Waals surface area contributed by atoms with Gasteiger partial charge in [-0.05, 0) is 48.4 Å². The molecule has 0 fully saturated rings. The van der Waals surface area contributed by atoms with Crippen LogP contribution in [0.2, 0.25) is 5.02 Å². The highest BCUT2D eigenvalue weighted by Gasteiger charge is 2.14. The number of aromatic nitrogens is 2. The van der Waals surface area contributed by atoms with Gasteiger partial charge in [-0.3, -0.25) is 0 Å². The van der Waals surface area contributed by atoms with Gasteiger partial charge in [-0.2, -0.15) is 4.98 Å². The van der Waals surface area contributed by atoms with Gasteiger partial charge in [-0.15, -0.1) is 0 Å². The summed E-state index contributed by atoms with van der Waals surface area (Å²) in [6, 6.07) is 11.1. The van der Waals surface area contributed by atoms with Crippen molar-refractivity contribution in [2.24, 2.45) is 0 Å². The van der Waals surface area contributed by atoms with E-state index in [2.05, 4.69) is 15.3 Å². The van der Waals surface area contributed by atoms with E-state index >= 15 is 0 Å². The highest BCUT2D eigenvalue weighted by atomic mass is 35.5. The molecule has 1 aliphatic rings. The summed E-state index contributed by atoms with van der Waals surface area (Å²) in [6.07, 6.45) is 1.40. The Morgan fingerprint density at radius 3 is 2.85 bits per heavy atom. The predicted molar refractivity (Wildman–Crippen MR) is 103 cm³/mol. The first-order valence-electron chi connectivity index (χ1n) is 8.27. The lowest BCUT2D eigenvalue weighted by Gasteiger charge is -2.12. The zero-order chi connectivity index (χ0) is 18.8. The molecule has 7 nitrogen and oxygen atoms in total. The molecule has 0 saturated carbocycles. The molecule has 2 aromatic carbocycles. The Morgan fingerprint density at radius 2 is 2.00 bits per heavy atom. The Labute approximate surface area is 161 Å². The average molecular weight is 385 g/mol. The third kappa shape index (κ3) is 3.68. The van der Waals surface area contributed by atoms with Gasteiger partial charge in [0.05, 0.1) is 0 Å². The van der Waals surface area contributed by atoms with E-state index in [1.165, 1.54) is 6.33 Å². The number of hydrogen-bond donors (Lipinski definition) is 2. The first kappa shape index (κ1) is 17.2. The van der Waals surface area contributed by atoms with Gasteiger partial charge in [0.2, 0.25) is 12.7 Å². The van der Waals surface area contributed by atoms with Crippen LogP contribution in [0.25, 0.3) is 0 Å². The molecule has 2 heterocycles. The number of rotatable bonds is 5. The molecule has 0 amide bonds. The molecule has 8 heteroatoms. The number of nitrogens with two attached hydrogens (primary N) is 1. The van der Waals surface area contributed by atoms with Gasteiger partial charge >= 0.3 is 0 Å². The van der Waals surface area contributed by atoms with Crippen LogP contribution in [0, 0.1) is 6.92 Å². The number of nitrogens with one attached hydrogen (secondary N) is 1. The third-order valence-corrected chi connectivity index (χ3v) is 4.51. The summed E-state index contributed by atoms with van der Waals surface area (Å²) in [6.45, 7) is 2.66. The van der Waals surface area contributed by atoms with Crippen LogP contribution in [0.1, 0.15) is 11.1 Å². The van der Waals surface area contributed by atoms with E-state index in [0.717, 1.165) is 22.6 Å². The van der Waals surface area contributed by atoms with Crippen molar-refractivity contribution in [2.45, 2.75) is 13.5 Å². The van der Waals surface area contributed by atoms with E-state index in [0.29, 0.717) is 28.8 Å². The number of hydrogen-bond acceptors (Lipinski definition) is 7. The van der Waals surface area contributed by atoms with Crippen LogP contribution < -0.4 is 25.3 Å². The molecule has 0 atom stereocenters. The van der Waals surface area contributed by atoms with Crippen molar-refractivity contribution >= 4 is 23.1 Å². The van der Waals surface area contributed by atoms with Crippen molar-refractivity contribution in [3.05, 3.63) is 58.9 Å². The summed E-state index contributed by atoms with van der Waals surface area (Å²) in [5.41, 5.74) is 8.41. The minimum absolute atomic E-state index is 0.246. The van der Waals surface area contributed by atoms with Gasteiger partial charge in [-0.1, -0.05) is 17.7 Å². The molecule has 0 unspecified atom stereocenters. The lowest BCUT2D eigenvalue weighted by Crippen LogP contribution is -2.06. The van der Waals surface area contributed by atoms with E-state index in [4.69, 9.17) is 31.5 Å². The fraction of sp³-hybridized carbons (Fsp3) is 0.158. The summed E-state index contributed by atoms with van der Waals surface area (Å²) >= 11 is 6.04. The fourth-order valence-electron chi connectivity index (χ4n) is 2.63. The minimum atomic E-state index is 0.246. The summed E-state index contributed by atoms with van der Waals surface area (Å²) in [4.78, 5) is 8.32. The number of fused-ring (bicyclic) bond motifs is 1. The largest absolute Gasteiger partial charge is 0.454 e. The maximum Gasteiger partial charge on any atom is 0.248 e. The minimum Gasteiger partial charge on any atom is -0.454 e. The van der Waals surface area contributed by atoms with Gasteiger partial charge < -0.3 is 25.3 Å². The van der Waals surface area contributed by atoms with Gasteiger partial charge in [0.15, 0.2) is 17.3 Å². The molecule has 0 aliphatic carbocycles. The molecular formula is C19H17ClN4O3. The van der Waals surface area contributed by atoms with Gasteiger partial charge in [0, 0.05) is 11.6 Å². The first-order valence-corrected chi connectivity index (χ1v) is 8.65. The molecule has 3 aromatic rings. The Bertz CT molecular complexity index is 997. The molecule has 1 aromatic heterocycles. The van der Waals surface area contributed by atoms with Crippen molar-refractivity contribution in [1.82, 2.24) is 9.97 Å². The van der Waals surface area contributed by atoms with Crippen molar-refractivity contribution in [2.75, 3.05) is 17.8 Å². The molecule has 27 heavy (non-hydrogen) atoms. The average Bonchev–Trinajstić information content (AvgIpc) is 3.13. The second-order valence-electron chi connectivity index (χ2n) is 6.00. The van der Waals surface area contributed by atoms with Gasteiger partial charge in [0.1, 0.15) is 17.8 Å². The first-order chi connectivity index (χ1) is 13.1. The molecule has 4 rings (SSSR count). The van der Waals surface area contributed by atoms with Crippen molar-refractivity contribution < 1.29 is 14.2 Å². The summed E-state index contributed by atoms with van der Waals surface area (Å²) in [7, 11) is 0. The van der Waals surface area contributed by atoms with Crippen LogP contribution in [0.3, 0.4) is 0 Å². The van der Waals surface area contributed by atoms with Crippen molar-refractivity contribution in [3.8, 4) is 23.1 Å². The van der Waals surface area contributed by atoms with Crippen LogP contribution in [-0.2, 0) is 6.54 Å². The van der Waals surface area contributed by atoms with Gasteiger partial charge in [0.25, 0.3) is 0 Å². The lowest BCUT2D eigenvalue weighted by atomic mass is 10.2. The van der Waals surface area contributed by atoms with E-state index < -0.39 is 0 Å². The standard InChI is InChI=1S/C19H17ClN4O3/c1-11-6-13(3-4-14(11)20)27-19-17(21)18(23-9-24-19)22-8-12-2-5-15-16(7-12)26-10-25-15/h2-7,9H,8,10,21H2,1H3,(H,22,23,24). The number of ether oxygens (including phenoxy) is 3. The van der Waals surface area contributed by atoms with E-state index in [-0.39, 0.29) is 12.7 Å². The van der Waals surface area contributed by atoms with Crippen LogP contribution in [0.4, 0.5) is 11.5 Å². The molecule has 1 aliphatic heterocycles. The molecular weight excluding hydrogens is 368 g/mol. The monoisotopic (exact) mass is 384 g/mol. The summed E-state index contributed by atoms with van der Waals surface area (Å²) in [5.74, 6) is 2.84. The zero-order valence-electron chi connectivity index (χ0n) is 14.5. The highest BCUT2D eigenvalue weighted by molar-refractivity contribution is 6.31. The van der Waals surface area contributed by atoms with E-state index in [1.54, 1.807) is 12.1 Å². The number of aryl methyl sites for hydroxylation is 1. The maximum atomic E-state index is 6.17. The molecule has 0 spiro atoms. The lowest BCUT2D eigenvalue weighted by molar-refractivity contribution is 0.174. The van der Waals surface area contributed by atoms with Gasteiger partial charge in [-0.25, -0.2) is 4.98 Å². The van der Waals surface area contributed by atoms with Crippen molar-refractivity contribution in [1.29, 1.82) is 0 Å². The molecule has 138 valence electrons.